The van der Waals surface area contributed by atoms with Gasteiger partial charge in [0.15, 0.2) is 0 Å². The van der Waals surface area contributed by atoms with Gasteiger partial charge < -0.3 is 9.80 Å². The molecule has 1 amide bonds. The van der Waals surface area contributed by atoms with Gasteiger partial charge in [-0.15, -0.1) is 0 Å². The van der Waals surface area contributed by atoms with Crippen LogP contribution in [0.5, 0.6) is 0 Å². The highest BCUT2D eigenvalue weighted by atomic mass is 16.2. The van der Waals surface area contributed by atoms with Gasteiger partial charge in [0.25, 0.3) is 0 Å². The van der Waals surface area contributed by atoms with Gasteiger partial charge in [-0.1, -0.05) is 18.2 Å². The minimum absolute atomic E-state index is 0.0866. The first-order valence-corrected chi connectivity index (χ1v) is 4.99. The van der Waals surface area contributed by atoms with E-state index in [-0.39, 0.29) is 5.91 Å². The number of para-hydroxylation sites is 1. The van der Waals surface area contributed by atoms with Crippen molar-refractivity contribution in [1.82, 2.24) is 4.90 Å². The summed E-state index contributed by atoms with van der Waals surface area (Å²) in [5.74, 6) is 0.0866. The number of benzene rings is 1. The van der Waals surface area contributed by atoms with Crippen molar-refractivity contribution in [3.8, 4) is 0 Å². The van der Waals surface area contributed by atoms with E-state index in [1.165, 1.54) is 5.56 Å². The molecule has 0 atom stereocenters. The predicted octanol–water partition coefficient (Wildman–Crippen LogP) is 1.73. The molecule has 15 heavy (non-hydrogen) atoms. The van der Waals surface area contributed by atoms with Gasteiger partial charge in [-0.2, -0.15) is 0 Å². The van der Waals surface area contributed by atoms with Crippen LogP contribution in [-0.2, 0) is 11.3 Å². The Morgan fingerprint density at radius 1 is 1.20 bits per heavy atom. The summed E-state index contributed by atoms with van der Waals surface area (Å²) in [6.07, 6.45) is 0. The fourth-order valence-electron chi connectivity index (χ4n) is 1.45. The maximum Gasteiger partial charge on any atom is 0.219 e. The molecule has 1 rings (SSSR count). The third-order valence-electron chi connectivity index (χ3n) is 2.42. The molecule has 3 heteroatoms. The summed E-state index contributed by atoms with van der Waals surface area (Å²) in [4.78, 5) is 14.9. The summed E-state index contributed by atoms with van der Waals surface area (Å²) < 4.78 is 0. The first-order valence-electron chi connectivity index (χ1n) is 4.99. The maximum atomic E-state index is 11.1. The molecular weight excluding hydrogens is 188 g/mol. The van der Waals surface area contributed by atoms with Crippen LogP contribution >= 0.6 is 0 Å². The number of carbonyl (C=O) groups excluding carboxylic acids is 1. The van der Waals surface area contributed by atoms with Crippen molar-refractivity contribution in [2.24, 2.45) is 0 Å². The Morgan fingerprint density at radius 2 is 1.80 bits per heavy atom. The standard InChI is InChI=1S/C12H18N2O/c1-10(15)14(4)9-11-7-5-6-8-12(11)13(2)3/h5-8H,9H2,1-4H3. The molecule has 0 aromatic heterocycles. The zero-order chi connectivity index (χ0) is 11.4. The monoisotopic (exact) mass is 206 g/mol. The Kier molecular flexibility index (Phi) is 3.72. The molecule has 0 heterocycles. The topological polar surface area (TPSA) is 23.6 Å². The van der Waals surface area contributed by atoms with Crippen LogP contribution < -0.4 is 4.90 Å². The number of amides is 1. The minimum Gasteiger partial charge on any atom is -0.377 e. The highest BCUT2D eigenvalue weighted by Crippen LogP contribution is 2.19. The lowest BCUT2D eigenvalue weighted by Gasteiger charge is -2.21. The first kappa shape index (κ1) is 11.6. The average molecular weight is 206 g/mol. The summed E-state index contributed by atoms with van der Waals surface area (Å²) in [7, 11) is 5.83. The molecule has 0 saturated heterocycles. The van der Waals surface area contributed by atoms with Gasteiger partial charge in [0.1, 0.15) is 0 Å². The molecule has 0 radical (unpaired) electrons. The molecule has 0 fully saturated rings. The zero-order valence-electron chi connectivity index (χ0n) is 9.82. The maximum absolute atomic E-state index is 11.1. The lowest BCUT2D eigenvalue weighted by atomic mass is 10.1. The lowest BCUT2D eigenvalue weighted by molar-refractivity contribution is -0.128. The fourth-order valence-corrected chi connectivity index (χ4v) is 1.45. The van der Waals surface area contributed by atoms with Crippen molar-refractivity contribution < 1.29 is 4.79 Å². The van der Waals surface area contributed by atoms with Gasteiger partial charge in [-0.05, 0) is 11.6 Å². The molecule has 0 spiro atoms. The molecule has 1 aromatic rings. The number of nitrogens with zero attached hydrogens (tertiary/aromatic N) is 2. The van der Waals surface area contributed by atoms with Crippen molar-refractivity contribution >= 4 is 11.6 Å². The summed E-state index contributed by atoms with van der Waals surface area (Å²) in [5, 5.41) is 0. The number of carbonyl (C=O) groups is 1. The molecule has 3 nitrogen and oxygen atoms in total. The molecule has 0 saturated carbocycles. The second kappa shape index (κ2) is 4.82. The van der Waals surface area contributed by atoms with Crippen LogP contribution in [-0.4, -0.2) is 32.0 Å². The molecular formula is C12H18N2O. The molecule has 0 bridgehead atoms. The smallest absolute Gasteiger partial charge is 0.219 e. The van der Waals surface area contributed by atoms with Crippen LogP contribution in [0.4, 0.5) is 5.69 Å². The van der Waals surface area contributed by atoms with E-state index in [4.69, 9.17) is 0 Å². The van der Waals surface area contributed by atoms with Crippen LogP contribution in [0.2, 0.25) is 0 Å². The number of hydrogen-bond acceptors (Lipinski definition) is 2. The van der Waals surface area contributed by atoms with Crippen LogP contribution in [0.15, 0.2) is 24.3 Å². The fraction of sp³-hybridized carbons (Fsp3) is 0.417. The van der Waals surface area contributed by atoms with E-state index < -0.39 is 0 Å². The van der Waals surface area contributed by atoms with Crippen LogP contribution in [0, 0.1) is 0 Å². The summed E-state index contributed by atoms with van der Waals surface area (Å²) in [6.45, 7) is 2.24. The highest BCUT2D eigenvalue weighted by molar-refractivity contribution is 5.73. The minimum atomic E-state index is 0.0866. The zero-order valence-corrected chi connectivity index (χ0v) is 9.82. The second-order valence-corrected chi connectivity index (χ2v) is 3.90. The van der Waals surface area contributed by atoms with Gasteiger partial charge in [-0.25, -0.2) is 0 Å². The van der Waals surface area contributed by atoms with Crippen molar-refractivity contribution in [2.45, 2.75) is 13.5 Å². The predicted molar refractivity (Wildman–Crippen MR) is 62.9 cm³/mol. The summed E-state index contributed by atoms with van der Waals surface area (Å²) in [6, 6.07) is 8.11. The van der Waals surface area contributed by atoms with E-state index in [0.29, 0.717) is 6.54 Å². The van der Waals surface area contributed by atoms with Gasteiger partial charge in [0, 0.05) is 40.3 Å². The molecule has 0 aliphatic heterocycles. The van der Waals surface area contributed by atoms with Gasteiger partial charge in [0.05, 0.1) is 0 Å². The quantitative estimate of drug-likeness (QED) is 0.752. The SMILES string of the molecule is CC(=O)N(C)Cc1ccccc1N(C)C. The third-order valence-corrected chi connectivity index (χ3v) is 2.42. The molecule has 0 N–H and O–H groups in total. The normalized spacial score (nSPS) is 9.87. The second-order valence-electron chi connectivity index (χ2n) is 3.90. The number of hydrogen-bond donors (Lipinski definition) is 0. The summed E-state index contributed by atoms with van der Waals surface area (Å²) >= 11 is 0. The molecule has 1 aromatic carbocycles. The Morgan fingerprint density at radius 3 is 2.33 bits per heavy atom. The summed E-state index contributed by atoms with van der Waals surface area (Å²) in [5.41, 5.74) is 2.32. The highest BCUT2D eigenvalue weighted by Gasteiger charge is 2.07. The van der Waals surface area contributed by atoms with Crippen LogP contribution in [0.25, 0.3) is 0 Å². The third kappa shape index (κ3) is 2.98. The van der Waals surface area contributed by atoms with Gasteiger partial charge in [0.2, 0.25) is 5.91 Å². The Labute approximate surface area is 91.3 Å². The van der Waals surface area contributed by atoms with Crippen molar-refractivity contribution in [3.05, 3.63) is 29.8 Å². The number of rotatable bonds is 3. The first-order chi connectivity index (χ1) is 7.02. The van der Waals surface area contributed by atoms with Crippen LogP contribution in [0.3, 0.4) is 0 Å². The van der Waals surface area contributed by atoms with Crippen molar-refractivity contribution in [3.63, 3.8) is 0 Å². The van der Waals surface area contributed by atoms with Crippen molar-refractivity contribution in [2.75, 3.05) is 26.0 Å². The lowest BCUT2D eigenvalue weighted by Crippen LogP contribution is -2.24. The van der Waals surface area contributed by atoms with E-state index in [1.807, 2.05) is 33.3 Å². The molecule has 0 aliphatic rings. The van der Waals surface area contributed by atoms with E-state index in [2.05, 4.69) is 17.0 Å². The van der Waals surface area contributed by atoms with Gasteiger partial charge >= 0.3 is 0 Å². The average Bonchev–Trinajstić information content (AvgIpc) is 2.18. The van der Waals surface area contributed by atoms with E-state index in [9.17, 15) is 4.79 Å². The Hall–Kier alpha value is -1.51. The van der Waals surface area contributed by atoms with Crippen LogP contribution in [0.1, 0.15) is 12.5 Å². The number of anilines is 1. The molecule has 82 valence electrons. The van der Waals surface area contributed by atoms with E-state index in [0.717, 1.165) is 5.69 Å². The van der Waals surface area contributed by atoms with E-state index >= 15 is 0 Å². The Balaban J connectivity index is 2.89. The van der Waals surface area contributed by atoms with Gasteiger partial charge in [-0.3, -0.25) is 4.79 Å². The van der Waals surface area contributed by atoms with Crippen molar-refractivity contribution in [1.29, 1.82) is 0 Å². The Bertz CT molecular complexity index is 347. The molecule has 0 aliphatic carbocycles. The molecule has 0 unspecified atom stereocenters. The largest absolute Gasteiger partial charge is 0.377 e. The van der Waals surface area contributed by atoms with E-state index in [1.54, 1.807) is 11.8 Å².